The normalized spacial score (nSPS) is 12.6. The number of pyridine rings is 1. The molecule has 0 saturated carbocycles. The van der Waals surface area contributed by atoms with Gasteiger partial charge in [0.2, 0.25) is 0 Å². The van der Waals surface area contributed by atoms with Crippen molar-refractivity contribution < 1.29 is 0 Å². The smallest absolute Gasteiger partial charge is 0.0624 e. The SMILES string of the molecule is CCc1cc(CC(Cc2ccncc2)NN)n(C)n1. The van der Waals surface area contributed by atoms with Gasteiger partial charge in [0.15, 0.2) is 0 Å². The maximum absolute atomic E-state index is 5.66. The molecule has 0 aromatic carbocycles. The Morgan fingerprint density at radius 2 is 2.05 bits per heavy atom. The molecule has 2 rings (SSSR count). The van der Waals surface area contributed by atoms with Gasteiger partial charge in [0.25, 0.3) is 0 Å². The van der Waals surface area contributed by atoms with E-state index >= 15 is 0 Å². The molecule has 1 atom stereocenters. The van der Waals surface area contributed by atoms with Crippen LogP contribution in [0.2, 0.25) is 0 Å². The van der Waals surface area contributed by atoms with Crippen molar-refractivity contribution in [3.63, 3.8) is 0 Å². The van der Waals surface area contributed by atoms with E-state index in [1.807, 2.05) is 36.3 Å². The van der Waals surface area contributed by atoms with Gasteiger partial charge < -0.3 is 0 Å². The van der Waals surface area contributed by atoms with Crippen molar-refractivity contribution >= 4 is 0 Å². The van der Waals surface area contributed by atoms with E-state index in [0.29, 0.717) is 0 Å². The molecular formula is C14H21N5. The highest BCUT2D eigenvalue weighted by molar-refractivity contribution is 5.15. The summed E-state index contributed by atoms with van der Waals surface area (Å²) in [6.07, 6.45) is 6.32. The molecule has 2 aromatic rings. The van der Waals surface area contributed by atoms with Gasteiger partial charge in [-0.3, -0.25) is 20.9 Å². The lowest BCUT2D eigenvalue weighted by molar-refractivity contribution is 0.505. The van der Waals surface area contributed by atoms with Crippen LogP contribution in [0, 0.1) is 0 Å². The van der Waals surface area contributed by atoms with Crippen molar-refractivity contribution in [3.05, 3.63) is 47.5 Å². The maximum Gasteiger partial charge on any atom is 0.0624 e. The molecule has 0 bridgehead atoms. The number of nitrogens with zero attached hydrogens (tertiary/aromatic N) is 3. The second-order valence-corrected chi connectivity index (χ2v) is 4.73. The molecule has 0 fully saturated rings. The summed E-state index contributed by atoms with van der Waals surface area (Å²) in [6.45, 7) is 2.11. The first-order valence-corrected chi connectivity index (χ1v) is 6.59. The lowest BCUT2D eigenvalue weighted by atomic mass is 10.0. The zero-order chi connectivity index (χ0) is 13.7. The first-order chi connectivity index (χ1) is 9.22. The van der Waals surface area contributed by atoms with Crippen LogP contribution in [0.1, 0.15) is 23.9 Å². The lowest BCUT2D eigenvalue weighted by Crippen LogP contribution is -2.38. The summed E-state index contributed by atoms with van der Waals surface area (Å²) in [5, 5.41) is 4.46. The Bertz CT molecular complexity index is 506. The van der Waals surface area contributed by atoms with Gasteiger partial charge in [-0.25, -0.2) is 0 Å². The number of hydrogen-bond acceptors (Lipinski definition) is 4. The molecule has 102 valence electrons. The number of nitrogens with one attached hydrogen (secondary N) is 1. The van der Waals surface area contributed by atoms with Crippen molar-refractivity contribution in [2.45, 2.75) is 32.2 Å². The minimum Gasteiger partial charge on any atom is -0.272 e. The number of aromatic nitrogens is 3. The van der Waals surface area contributed by atoms with E-state index in [9.17, 15) is 0 Å². The summed E-state index contributed by atoms with van der Waals surface area (Å²) < 4.78 is 1.94. The monoisotopic (exact) mass is 259 g/mol. The van der Waals surface area contributed by atoms with Crippen LogP contribution >= 0.6 is 0 Å². The number of hydrazine groups is 1. The molecule has 0 aliphatic heterocycles. The highest BCUT2D eigenvalue weighted by Gasteiger charge is 2.12. The van der Waals surface area contributed by atoms with Crippen LogP contribution in [-0.2, 0) is 26.3 Å². The highest BCUT2D eigenvalue weighted by Crippen LogP contribution is 2.10. The van der Waals surface area contributed by atoms with Crippen molar-refractivity contribution in [3.8, 4) is 0 Å². The molecule has 1 unspecified atom stereocenters. The third-order valence-corrected chi connectivity index (χ3v) is 3.31. The van der Waals surface area contributed by atoms with Crippen LogP contribution in [0.3, 0.4) is 0 Å². The fourth-order valence-corrected chi connectivity index (χ4v) is 2.18. The Balaban J connectivity index is 2.04. The fraction of sp³-hybridized carbons (Fsp3) is 0.429. The molecule has 0 aliphatic carbocycles. The number of rotatable bonds is 6. The number of hydrogen-bond donors (Lipinski definition) is 2. The summed E-state index contributed by atoms with van der Waals surface area (Å²) in [7, 11) is 1.98. The van der Waals surface area contributed by atoms with E-state index in [-0.39, 0.29) is 6.04 Å². The molecule has 0 spiro atoms. The van der Waals surface area contributed by atoms with Crippen LogP contribution in [0.4, 0.5) is 0 Å². The van der Waals surface area contributed by atoms with E-state index in [1.165, 1.54) is 11.3 Å². The van der Waals surface area contributed by atoms with Crippen molar-refractivity contribution in [2.75, 3.05) is 0 Å². The van der Waals surface area contributed by atoms with E-state index in [0.717, 1.165) is 25.0 Å². The molecule has 5 nitrogen and oxygen atoms in total. The predicted octanol–water partition coefficient (Wildman–Crippen LogP) is 0.995. The van der Waals surface area contributed by atoms with Crippen molar-refractivity contribution in [2.24, 2.45) is 12.9 Å². The molecular weight excluding hydrogens is 238 g/mol. The van der Waals surface area contributed by atoms with Gasteiger partial charge in [0.05, 0.1) is 5.69 Å². The Kier molecular flexibility index (Phi) is 4.65. The Morgan fingerprint density at radius 1 is 1.32 bits per heavy atom. The number of nitrogens with two attached hydrogens (primary N) is 1. The zero-order valence-corrected chi connectivity index (χ0v) is 11.5. The molecule has 0 amide bonds. The molecule has 0 aliphatic rings. The van der Waals surface area contributed by atoms with Crippen molar-refractivity contribution in [1.82, 2.24) is 20.2 Å². The predicted molar refractivity (Wildman–Crippen MR) is 75.3 cm³/mol. The van der Waals surface area contributed by atoms with Crippen LogP contribution in [-0.4, -0.2) is 20.8 Å². The summed E-state index contributed by atoms with van der Waals surface area (Å²) in [4.78, 5) is 4.03. The number of aryl methyl sites for hydroxylation is 2. The molecule has 2 heterocycles. The van der Waals surface area contributed by atoms with Gasteiger partial charge in [-0.1, -0.05) is 6.92 Å². The van der Waals surface area contributed by atoms with E-state index in [2.05, 4.69) is 28.5 Å². The molecule has 0 saturated heterocycles. The molecule has 5 heteroatoms. The van der Waals surface area contributed by atoms with Crippen LogP contribution in [0.25, 0.3) is 0 Å². The lowest BCUT2D eigenvalue weighted by Gasteiger charge is -2.15. The van der Waals surface area contributed by atoms with Gasteiger partial charge in [-0.15, -0.1) is 0 Å². The standard InChI is InChI=1S/C14H21N5/c1-3-12-9-14(19(2)18-12)10-13(17-15)8-11-4-6-16-7-5-11/h4-7,9,13,17H,3,8,10,15H2,1-2H3. The van der Waals surface area contributed by atoms with Gasteiger partial charge in [0, 0.05) is 37.6 Å². The van der Waals surface area contributed by atoms with Gasteiger partial charge in [-0.05, 0) is 36.6 Å². The van der Waals surface area contributed by atoms with E-state index in [4.69, 9.17) is 5.84 Å². The van der Waals surface area contributed by atoms with Gasteiger partial charge in [-0.2, -0.15) is 5.10 Å². The first-order valence-electron chi connectivity index (χ1n) is 6.59. The second kappa shape index (κ2) is 6.45. The third-order valence-electron chi connectivity index (χ3n) is 3.31. The van der Waals surface area contributed by atoms with Crippen LogP contribution in [0.15, 0.2) is 30.6 Å². The topological polar surface area (TPSA) is 68.8 Å². The maximum atomic E-state index is 5.66. The summed E-state index contributed by atoms with van der Waals surface area (Å²) in [6, 6.07) is 6.38. The van der Waals surface area contributed by atoms with E-state index < -0.39 is 0 Å². The van der Waals surface area contributed by atoms with Crippen LogP contribution in [0.5, 0.6) is 0 Å². The average Bonchev–Trinajstić information content (AvgIpc) is 2.80. The third kappa shape index (κ3) is 3.62. The Morgan fingerprint density at radius 3 is 2.63 bits per heavy atom. The summed E-state index contributed by atoms with van der Waals surface area (Å²) in [5.74, 6) is 5.66. The first kappa shape index (κ1) is 13.7. The Hall–Kier alpha value is -1.72. The highest BCUT2D eigenvalue weighted by atomic mass is 15.3. The molecule has 2 aromatic heterocycles. The quantitative estimate of drug-likeness (QED) is 0.600. The second-order valence-electron chi connectivity index (χ2n) is 4.73. The fourth-order valence-electron chi connectivity index (χ4n) is 2.18. The molecule has 0 radical (unpaired) electrons. The minimum atomic E-state index is 0.197. The Labute approximate surface area is 113 Å². The van der Waals surface area contributed by atoms with Crippen LogP contribution < -0.4 is 11.3 Å². The van der Waals surface area contributed by atoms with Gasteiger partial charge >= 0.3 is 0 Å². The summed E-state index contributed by atoms with van der Waals surface area (Å²) >= 11 is 0. The molecule has 3 N–H and O–H groups in total. The van der Waals surface area contributed by atoms with Gasteiger partial charge in [0.1, 0.15) is 0 Å². The van der Waals surface area contributed by atoms with Crippen molar-refractivity contribution in [1.29, 1.82) is 0 Å². The minimum absolute atomic E-state index is 0.197. The average molecular weight is 259 g/mol. The van der Waals surface area contributed by atoms with E-state index in [1.54, 1.807) is 0 Å². The zero-order valence-electron chi connectivity index (χ0n) is 11.5. The summed E-state index contributed by atoms with van der Waals surface area (Å²) in [5.41, 5.74) is 6.45. The molecule has 19 heavy (non-hydrogen) atoms. The largest absolute Gasteiger partial charge is 0.272 e.